The highest BCUT2D eigenvalue weighted by Crippen LogP contribution is 2.24. The van der Waals surface area contributed by atoms with Crippen LogP contribution in [0.3, 0.4) is 0 Å². The van der Waals surface area contributed by atoms with E-state index in [4.69, 9.17) is 5.73 Å². The zero-order chi connectivity index (χ0) is 16.4. The van der Waals surface area contributed by atoms with Crippen LogP contribution in [0, 0.1) is 0 Å². The van der Waals surface area contributed by atoms with E-state index in [1.807, 2.05) is 30.3 Å². The molecule has 0 spiro atoms. The Morgan fingerprint density at radius 1 is 1.17 bits per heavy atom. The molecule has 2 atom stereocenters. The van der Waals surface area contributed by atoms with Crippen LogP contribution in [0.5, 0.6) is 0 Å². The number of benzene rings is 1. The van der Waals surface area contributed by atoms with Crippen LogP contribution in [0.4, 0.5) is 4.39 Å². The number of carbonyl (C=O) groups is 2. The zero-order valence-electron chi connectivity index (χ0n) is 12.4. The van der Waals surface area contributed by atoms with Crippen molar-refractivity contribution in [2.75, 3.05) is 6.54 Å². The van der Waals surface area contributed by atoms with Gasteiger partial charge in [0.2, 0.25) is 5.91 Å². The Balaban J connectivity index is 1.90. The molecule has 1 aliphatic heterocycles. The summed E-state index contributed by atoms with van der Waals surface area (Å²) in [6.07, 6.45) is 1.78. The van der Waals surface area contributed by atoms with Crippen molar-refractivity contribution in [2.24, 2.45) is 5.73 Å². The molecule has 1 aromatic carbocycles. The summed E-state index contributed by atoms with van der Waals surface area (Å²) in [5.74, 6) is -1.12. The molecule has 1 aromatic heterocycles. The summed E-state index contributed by atoms with van der Waals surface area (Å²) in [5, 5.41) is 0. The van der Waals surface area contributed by atoms with Crippen LogP contribution in [0.1, 0.15) is 16.8 Å². The van der Waals surface area contributed by atoms with Crippen LogP contribution in [-0.2, 0) is 4.79 Å². The number of hydrogen-bond donors (Lipinski definition) is 1. The topological polar surface area (TPSA) is 76.3 Å². The fourth-order valence-corrected chi connectivity index (χ4v) is 2.79. The van der Waals surface area contributed by atoms with Crippen LogP contribution in [-0.4, -0.2) is 40.5 Å². The smallest absolute Gasteiger partial charge is 0.256 e. The van der Waals surface area contributed by atoms with Gasteiger partial charge in [-0.25, -0.2) is 4.39 Å². The quantitative estimate of drug-likeness (QED) is 0.938. The minimum Gasteiger partial charge on any atom is -0.368 e. The molecule has 0 unspecified atom stereocenters. The van der Waals surface area contributed by atoms with E-state index in [0.29, 0.717) is 5.56 Å². The Labute approximate surface area is 132 Å². The maximum atomic E-state index is 13.6. The minimum atomic E-state index is -1.23. The lowest BCUT2D eigenvalue weighted by molar-refractivity contribution is -0.121. The molecule has 2 heterocycles. The van der Waals surface area contributed by atoms with Crippen molar-refractivity contribution in [3.63, 3.8) is 0 Å². The zero-order valence-corrected chi connectivity index (χ0v) is 12.4. The van der Waals surface area contributed by atoms with E-state index in [1.165, 1.54) is 11.1 Å². The standard InChI is InChI=1S/C17H16FN3O2/c18-14-7-15(16(19)22)21(10-14)17(23)13-6-12(8-20-9-13)11-4-2-1-3-5-11/h1-6,8-9,14-15H,7,10H2,(H2,19,22)/t14-,15+/m1/s1. The molecule has 0 bridgehead atoms. The summed E-state index contributed by atoms with van der Waals surface area (Å²) in [7, 11) is 0. The van der Waals surface area contributed by atoms with Crippen LogP contribution >= 0.6 is 0 Å². The van der Waals surface area contributed by atoms with E-state index >= 15 is 0 Å². The van der Waals surface area contributed by atoms with Gasteiger partial charge in [0, 0.05) is 24.4 Å². The summed E-state index contributed by atoms with van der Waals surface area (Å²) in [6.45, 7) is -0.123. The first-order valence-electron chi connectivity index (χ1n) is 7.31. The molecule has 2 amide bonds. The number of nitrogens with two attached hydrogens (primary N) is 1. The van der Waals surface area contributed by atoms with Crippen molar-refractivity contribution in [3.05, 3.63) is 54.4 Å². The monoisotopic (exact) mass is 313 g/mol. The minimum absolute atomic E-state index is 0.0487. The molecular formula is C17H16FN3O2. The van der Waals surface area contributed by atoms with Crippen LogP contribution in [0.15, 0.2) is 48.8 Å². The lowest BCUT2D eigenvalue weighted by Crippen LogP contribution is -2.43. The van der Waals surface area contributed by atoms with Gasteiger partial charge in [0.05, 0.1) is 12.1 Å². The number of rotatable bonds is 3. The molecule has 5 nitrogen and oxygen atoms in total. The van der Waals surface area contributed by atoms with Crippen molar-refractivity contribution in [1.29, 1.82) is 0 Å². The molecule has 1 fully saturated rings. The number of amides is 2. The van der Waals surface area contributed by atoms with E-state index in [9.17, 15) is 14.0 Å². The van der Waals surface area contributed by atoms with Gasteiger partial charge in [0.25, 0.3) is 5.91 Å². The predicted molar refractivity (Wildman–Crippen MR) is 83.2 cm³/mol. The first-order valence-corrected chi connectivity index (χ1v) is 7.31. The number of alkyl halides is 1. The predicted octanol–water partition coefficient (Wildman–Crippen LogP) is 1.79. The molecule has 1 saturated heterocycles. The van der Waals surface area contributed by atoms with Crippen molar-refractivity contribution in [3.8, 4) is 11.1 Å². The Bertz CT molecular complexity index is 736. The highest BCUT2D eigenvalue weighted by molar-refractivity contribution is 5.98. The molecule has 3 rings (SSSR count). The Morgan fingerprint density at radius 3 is 2.61 bits per heavy atom. The Kier molecular flexibility index (Phi) is 4.06. The average Bonchev–Trinajstić information content (AvgIpc) is 2.97. The van der Waals surface area contributed by atoms with Crippen molar-refractivity contribution in [1.82, 2.24) is 9.88 Å². The van der Waals surface area contributed by atoms with E-state index in [2.05, 4.69) is 4.98 Å². The fraction of sp³-hybridized carbons (Fsp3) is 0.235. The van der Waals surface area contributed by atoms with Gasteiger partial charge in [-0.2, -0.15) is 0 Å². The number of carbonyl (C=O) groups excluding carboxylic acids is 2. The maximum absolute atomic E-state index is 13.6. The van der Waals surface area contributed by atoms with Crippen molar-refractivity contribution >= 4 is 11.8 Å². The van der Waals surface area contributed by atoms with Crippen LogP contribution in [0.25, 0.3) is 11.1 Å². The molecule has 2 aromatic rings. The van der Waals surface area contributed by atoms with Gasteiger partial charge < -0.3 is 10.6 Å². The summed E-state index contributed by atoms with van der Waals surface area (Å²) < 4.78 is 13.6. The lowest BCUT2D eigenvalue weighted by Gasteiger charge is -2.21. The van der Waals surface area contributed by atoms with Gasteiger partial charge in [-0.15, -0.1) is 0 Å². The maximum Gasteiger partial charge on any atom is 0.256 e. The normalized spacial score (nSPS) is 20.5. The fourth-order valence-electron chi connectivity index (χ4n) is 2.79. The number of aromatic nitrogens is 1. The van der Waals surface area contributed by atoms with Gasteiger partial charge in [-0.3, -0.25) is 14.6 Å². The molecule has 0 radical (unpaired) electrons. The second-order valence-electron chi connectivity index (χ2n) is 5.54. The molecule has 6 heteroatoms. The first-order chi connectivity index (χ1) is 11.1. The Morgan fingerprint density at radius 2 is 1.91 bits per heavy atom. The van der Waals surface area contributed by atoms with Gasteiger partial charge in [0.1, 0.15) is 12.2 Å². The van der Waals surface area contributed by atoms with Gasteiger partial charge in [-0.05, 0) is 11.6 Å². The first kappa shape index (κ1) is 15.1. The number of nitrogens with zero attached hydrogens (tertiary/aromatic N) is 2. The molecule has 2 N–H and O–H groups in total. The summed E-state index contributed by atoms with van der Waals surface area (Å²) in [4.78, 5) is 29.3. The SMILES string of the molecule is NC(=O)[C@@H]1C[C@@H](F)CN1C(=O)c1cncc(-c2ccccc2)c1. The molecule has 0 saturated carbocycles. The number of primary amides is 1. The highest BCUT2D eigenvalue weighted by atomic mass is 19.1. The molecule has 23 heavy (non-hydrogen) atoms. The van der Waals surface area contributed by atoms with Crippen molar-refractivity contribution < 1.29 is 14.0 Å². The summed E-state index contributed by atoms with van der Waals surface area (Å²) in [6, 6.07) is 10.3. The molecule has 118 valence electrons. The number of halogens is 1. The van der Waals surface area contributed by atoms with E-state index in [1.54, 1.807) is 12.3 Å². The van der Waals surface area contributed by atoms with E-state index in [0.717, 1.165) is 11.1 Å². The average molecular weight is 313 g/mol. The Hall–Kier alpha value is -2.76. The third-order valence-corrected chi connectivity index (χ3v) is 3.93. The van der Waals surface area contributed by atoms with Gasteiger partial charge in [0.15, 0.2) is 0 Å². The summed E-state index contributed by atoms with van der Waals surface area (Å²) >= 11 is 0. The molecule has 1 aliphatic rings. The summed E-state index contributed by atoms with van der Waals surface area (Å²) in [5.41, 5.74) is 7.29. The molecular weight excluding hydrogens is 297 g/mol. The van der Waals surface area contributed by atoms with E-state index in [-0.39, 0.29) is 13.0 Å². The highest BCUT2D eigenvalue weighted by Gasteiger charge is 2.39. The second kappa shape index (κ2) is 6.16. The van der Waals surface area contributed by atoms with Crippen LogP contribution < -0.4 is 5.73 Å². The second-order valence-corrected chi connectivity index (χ2v) is 5.54. The van der Waals surface area contributed by atoms with Gasteiger partial charge >= 0.3 is 0 Å². The number of hydrogen-bond acceptors (Lipinski definition) is 3. The third-order valence-electron chi connectivity index (χ3n) is 3.93. The van der Waals surface area contributed by atoms with Crippen LogP contribution in [0.2, 0.25) is 0 Å². The molecule has 0 aliphatic carbocycles. The largest absolute Gasteiger partial charge is 0.368 e. The lowest BCUT2D eigenvalue weighted by atomic mass is 10.1. The van der Waals surface area contributed by atoms with Crippen molar-refractivity contribution in [2.45, 2.75) is 18.6 Å². The number of pyridine rings is 1. The van der Waals surface area contributed by atoms with E-state index < -0.39 is 24.0 Å². The number of likely N-dealkylation sites (tertiary alicyclic amines) is 1. The van der Waals surface area contributed by atoms with Gasteiger partial charge in [-0.1, -0.05) is 30.3 Å². The third kappa shape index (κ3) is 3.06.